The summed E-state index contributed by atoms with van der Waals surface area (Å²) in [5.74, 6) is -1.24. The molecule has 0 amide bonds. The molecular formula is C41H83NO6P+. The van der Waals surface area contributed by atoms with E-state index in [0.717, 1.165) is 25.7 Å². The highest BCUT2D eigenvalue weighted by molar-refractivity contribution is 7.49. The average Bonchev–Trinajstić information content (AvgIpc) is 3.04. The predicted molar refractivity (Wildman–Crippen MR) is 208 cm³/mol. The van der Waals surface area contributed by atoms with E-state index in [1.807, 2.05) is 21.1 Å². The first-order valence-corrected chi connectivity index (χ1v) is 22.6. The molecule has 0 unspecified atom stereocenters. The fourth-order valence-corrected chi connectivity index (χ4v) is 7.25. The Morgan fingerprint density at radius 3 is 0.918 bits per heavy atom. The molecule has 49 heavy (non-hydrogen) atoms. The number of carbonyl (C=O) groups excluding carboxylic acids is 2. The Morgan fingerprint density at radius 2 is 0.673 bits per heavy atom. The van der Waals surface area contributed by atoms with E-state index in [-0.39, 0.29) is 19.4 Å². The molecule has 0 bridgehead atoms. The van der Waals surface area contributed by atoms with Gasteiger partial charge >= 0.3 is 19.8 Å². The zero-order valence-electron chi connectivity index (χ0n) is 33.4. The number of carbonyl (C=O) groups is 2. The first-order valence-electron chi connectivity index (χ1n) is 21.1. The minimum Gasteiger partial charge on any atom is -0.361 e. The number of unbranched alkanes of at least 4 members (excludes halogenated alkanes) is 28. The van der Waals surface area contributed by atoms with Crippen LogP contribution in [0.2, 0.25) is 0 Å². The summed E-state index contributed by atoms with van der Waals surface area (Å²) in [4.78, 5) is 25.1. The Bertz CT molecular complexity index is 747. The highest BCUT2D eigenvalue weighted by atomic mass is 31.2. The number of phosphoric acid groups is 1. The van der Waals surface area contributed by atoms with Crippen molar-refractivity contribution in [2.24, 2.45) is 0 Å². The molecule has 8 heteroatoms. The normalized spacial score (nSPS) is 12.0. The molecule has 0 saturated heterocycles. The molecule has 0 saturated carbocycles. The number of phosphoric ester groups is 1. The van der Waals surface area contributed by atoms with Crippen LogP contribution < -0.4 is 0 Å². The van der Waals surface area contributed by atoms with Crippen LogP contribution in [0, 0.1) is 0 Å². The first-order chi connectivity index (χ1) is 23.6. The highest BCUT2D eigenvalue weighted by Gasteiger charge is 2.35. The van der Waals surface area contributed by atoms with Crippen LogP contribution in [-0.2, 0) is 27.7 Å². The van der Waals surface area contributed by atoms with Gasteiger partial charge < -0.3 is 13.5 Å². The van der Waals surface area contributed by atoms with Gasteiger partial charge in [0.2, 0.25) is 0 Å². The number of hydrogen-bond donors (Lipinski definition) is 0. The van der Waals surface area contributed by atoms with Crippen molar-refractivity contribution in [2.45, 2.75) is 219 Å². The zero-order chi connectivity index (χ0) is 36.3. The van der Waals surface area contributed by atoms with Crippen LogP contribution in [0.3, 0.4) is 0 Å². The summed E-state index contributed by atoms with van der Waals surface area (Å²) < 4.78 is 29.8. The van der Waals surface area contributed by atoms with Crippen molar-refractivity contribution in [3.05, 3.63) is 0 Å². The second-order valence-electron chi connectivity index (χ2n) is 15.6. The van der Waals surface area contributed by atoms with E-state index >= 15 is 0 Å². The molecule has 0 fully saturated rings. The molecule has 0 aromatic carbocycles. The van der Waals surface area contributed by atoms with Crippen molar-refractivity contribution in [2.75, 3.05) is 34.3 Å². The lowest BCUT2D eigenvalue weighted by Crippen LogP contribution is -2.37. The molecule has 292 valence electrons. The minimum atomic E-state index is -4.31. The van der Waals surface area contributed by atoms with E-state index in [4.69, 9.17) is 13.6 Å². The largest absolute Gasteiger partial charge is 0.592 e. The predicted octanol–water partition coefficient (Wildman–Crippen LogP) is 13.4. The van der Waals surface area contributed by atoms with E-state index in [2.05, 4.69) is 13.8 Å². The highest BCUT2D eigenvalue weighted by Crippen LogP contribution is 2.50. The van der Waals surface area contributed by atoms with Crippen LogP contribution in [0.25, 0.3) is 0 Å². The van der Waals surface area contributed by atoms with Gasteiger partial charge in [-0.2, -0.15) is 0 Å². The van der Waals surface area contributed by atoms with Crippen molar-refractivity contribution in [3.63, 3.8) is 0 Å². The molecule has 0 aliphatic rings. The van der Waals surface area contributed by atoms with Crippen LogP contribution in [0.4, 0.5) is 0 Å². The molecule has 0 atom stereocenters. The minimum absolute atomic E-state index is 0.0687. The van der Waals surface area contributed by atoms with E-state index in [9.17, 15) is 14.2 Å². The van der Waals surface area contributed by atoms with Crippen molar-refractivity contribution < 1.29 is 32.2 Å². The van der Waals surface area contributed by atoms with E-state index in [1.54, 1.807) is 0 Å². The maximum Gasteiger partial charge on any atom is 0.592 e. The summed E-state index contributed by atoms with van der Waals surface area (Å²) in [6.07, 6.45) is 37.7. The third-order valence-corrected chi connectivity index (χ3v) is 10.8. The lowest BCUT2D eigenvalue weighted by Gasteiger charge is -2.24. The molecule has 0 aliphatic heterocycles. The van der Waals surface area contributed by atoms with Gasteiger partial charge in [0, 0.05) is 12.8 Å². The first kappa shape index (κ1) is 48.1. The maximum absolute atomic E-state index is 13.3. The van der Waals surface area contributed by atoms with Crippen LogP contribution in [-0.4, -0.2) is 50.7 Å². The lowest BCUT2D eigenvalue weighted by molar-refractivity contribution is -0.870. The average molecular weight is 717 g/mol. The van der Waals surface area contributed by atoms with E-state index in [0.29, 0.717) is 23.9 Å². The van der Waals surface area contributed by atoms with Gasteiger partial charge in [-0.15, -0.1) is 0 Å². The summed E-state index contributed by atoms with van der Waals surface area (Å²) in [7, 11) is 1.65. The van der Waals surface area contributed by atoms with Gasteiger partial charge in [0.25, 0.3) is 0 Å². The smallest absolute Gasteiger partial charge is 0.361 e. The quantitative estimate of drug-likeness (QED) is 0.0359. The zero-order valence-corrected chi connectivity index (χ0v) is 34.3. The van der Waals surface area contributed by atoms with E-state index < -0.39 is 19.8 Å². The van der Waals surface area contributed by atoms with Crippen molar-refractivity contribution in [1.29, 1.82) is 0 Å². The third-order valence-electron chi connectivity index (χ3n) is 9.41. The summed E-state index contributed by atoms with van der Waals surface area (Å²) in [6, 6.07) is 0. The molecule has 0 radical (unpaired) electrons. The van der Waals surface area contributed by atoms with Crippen molar-refractivity contribution in [1.82, 2.24) is 0 Å². The SMILES string of the molecule is CCCCCCCCCCCCCCCCCC(=O)OP(=O)(OCC[N+](C)(C)C)OC(=O)CCCCCCCCCCCCCCCCC. The molecule has 0 aromatic rings. The van der Waals surface area contributed by atoms with Crippen LogP contribution >= 0.6 is 7.82 Å². The lowest BCUT2D eigenvalue weighted by atomic mass is 10.0. The van der Waals surface area contributed by atoms with Crippen LogP contribution in [0.5, 0.6) is 0 Å². The number of nitrogens with zero attached hydrogens (tertiary/aromatic N) is 1. The molecule has 0 rings (SSSR count). The molecule has 0 spiro atoms. The van der Waals surface area contributed by atoms with Gasteiger partial charge in [-0.05, 0) is 12.8 Å². The van der Waals surface area contributed by atoms with Gasteiger partial charge in [0.15, 0.2) is 0 Å². The van der Waals surface area contributed by atoms with Gasteiger partial charge in [-0.25, -0.2) is 4.57 Å². The van der Waals surface area contributed by atoms with Gasteiger partial charge in [-0.1, -0.05) is 194 Å². The monoisotopic (exact) mass is 717 g/mol. The summed E-state index contributed by atoms with van der Waals surface area (Å²) in [5, 5.41) is 0. The Kier molecular flexibility index (Phi) is 33.6. The molecule has 0 aromatic heterocycles. The number of rotatable bonds is 38. The Morgan fingerprint density at radius 1 is 0.429 bits per heavy atom. The Balaban J connectivity index is 4.11. The summed E-state index contributed by atoms with van der Waals surface area (Å²) in [6.45, 7) is 5.14. The third kappa shape index (κ3) is 36.7. The fourth-order valence-electron chi connectivity index (χ4n) is 6.12. The van der Waals surface area contributed by atoms with E-state index in [1.165, 1.54) is 154 Å². The second-order valence-corrected chi connectivity index (χ2v) is 17.1. The van der Waals surface area contributed by atoms with Crippen molar-refractivity contribution >= 4 is 19.8 Å². The standard InChI is InChI=1S/C41H83NO6P/c1-6-8-10-12-14-16-18-20-22-24-26-28-30-32-34-36-40(43)47-49(45,46-39-38-42(3,4)5)48-41(44)37-35-33-31-29-27-25-23-21-19-17-15-13-11-9-7-2/h6-39H2,1-5H3/q+1. The Labute approximate surface area is 305 Å². The number of quaternary nitrogens is 1. The van der Waals surface area contributed by atoms with Crippen LogP contribution in [0.15, 0.2) is 0 Å². The number of likely N-dealkylation sites (N-methyl/N-ethyl adjacent to an activating group) is 1. The second kappa shape index (κ2) is 34.2. The topological polar surface area (TPSA) is 78.9 Å². The Hall–Kier alpha value is -0.910. The fraction of sp³-hybridized carbons (Fsp3) is 0.951. The molecule has 7 nitrogen and oxygen atoms in total. The van der Waals surface area contributed by atoms with Gasteiger partial charge in [0.05, 0.1) is 21.1 Å². The summed E-state index contributed by atoms with van der Waals surface area (Å²) in [5.41, 5.74) is 0. The summed E-state index contributed by atoms with van der Waals surface area (Å²) >= 11 is 0. The molecule has 0 aliphatic carbocycles. The maximum atomic E-state index is 13.3. The van der Waals surface area contributed by atoms with Crippen LogP contribution in [0.1, 0.15) is 219 Å². The van der Waals surface area contributed by atoms with Crippen molar-refractivity contribution in [3.8, 4) is 0 Å². The van der Waals surface area contributed by atoms with Gasteiger partial charge in [0.1, 0.15) is 13.2 Å². The number of hydrogen-bond acceptors (Lipinski definition) is 6. The van der Waals surface area contributed by atoms with Gasteiger partial charge in [-0.3, -0.25) is 14.1 Å². The molecule has 0 N–H and O–H groups in total. The molecular weight excluding hydrogens is 633 g/mol. The molecule has 0 heterocycles.